The van der Waals surface area contributed by atoms with E-state index in [1.807, 2.05) is 12.1 Å². The SMILES string of the molecule is Cn1cnc(-c2nc(N[C@H]3CC[C@H](Nc4ccc(-n5ncccc5=O)cn4)C3)no2)n1. The molecule has 5 rings (SSSR count). The number of rotatable bonds is 6. The zero-order chi connectivity index (χ0) is 21.2. The van der Waals surface area contributed by atoms with Crippen LogP contribution in [0.3, 0.4) is 0 Å². The van der Waals surface area contributed by atoms with Crippen LogP contribution in [0.25, 0.3) is 17.4 Å². The highest BCUT2D eigenvalue weighted by atomic mass is 16.5. The molecule has 0 saturated heterocycles. The van der Waals surface area contributed by atoms with E-state index in [0.29, 0.717) is 17.5 Å². The molecule has 2 atom stereocenters. The number of aromatic nitrogens is 8. The fourth-order valence-corrected chi connectivity index (χ4v) is 3.59. The van der Waals surface area contributed by atoms with Gasteiger partial charge in [-0.3, -0.25) is 9.48 Å². The molecule has 0 aromatic carbocycles. The Bertz CT molecular complexity index is 1230. The Morgan fingerprint density at radius 3 is 2.74 bits per heavy atom. The summed E-state index contributed by atoms with van der Waals surface area (Å²) in [5.74, 6) is 1.86. The highest BCUT2D eigenvalue weighted by molar-refractivity contribution is 5.43. The van der Waals surface area contributed by atoms with Crippen molar-refractivity contribution >= 4 is 11.8 Å². The molecule has 1 aliphatic rings. The molecule has 0 spiro atoms. The molecule has 12 nitrogen and oxygen atoms in total. The quantitative estimate of drug-likeness (QED) is 0.468. The van der Waals surface area contributed by atoms with Gasteiger partial charge < -0.3 is 15.2 Å². The van der Waals surface area contributed by atoms with Crippen molar-refractivity contribution in [3.05, 3.63) is 53.3 Å². The average molecular weight is 420 g/mol. The second-order valence-electron chi connectivity index (χ2n) is 7.34. The summed E-state index contributed by atoms with van der Waals surface area (Å²) in [5, 5.41) is 18.9. The molecule has 1 fully saturated rings. The number of hydrogen-bond donors (Lipinski definition) is 2. The largest absolute Gasteiger partial charge is 0.367 e. The molecule has 0 aliphatic heterocycles. The van der Waals surface area contributed by atoms with Crippen LogP contribution in [0.1, 0.15) is 19.3 Å². The van der Waals surface area contributed by atoms with Crippen molar-refractivity contribution in [1.29, 1.82) is 0 Å². The van der Waals surface area contributed by atoms with Crippen LogP contribution < -0.4 is 16.2 Å². The fourth-order valence-electron chi connectivity index (χ4n) is 3.59. The molecule has 4 aromatic heterocycles. The first kappa shape index (κ1) is 18.9. The minimum atomic E-state index is -0.196. The van der Waals surface area contributed by atoms with Crippen molar-refractivity contribution in [3.63, 3.8) is 0 Å². The summed E-state index contributed by atoms with van der Waals surface area (Å²) in [5.41, 5.74) is 0.426. The van der Waals surface area contributed by atoms with Crippen molar-refractivity contribution in [2.24, 2.45) is 7.05 Å². The Morgan fingerprint density at radius 1 is 1.13 bits per heavy atom. The number of pyridine rings is 1. The fraction of sp³-hybridized carbons (Fsp3) is 0.316. The highest BCUT2D eigenvalue weighted by Crippen LogP contribution is 2.25. The third-order valence-corrected chi connectivity index (χ3v) is 5.04. The second kappa shape index (κ2) is 7.97. The number of nitrogens with one attached hydrogen (secondary N) is 2. The summed E-state index contributed by atoms with van der Waals surface area (Å²) in [6.07, 6.45) is 7.61. The van der Waals surface area contributed by atoms with Gasteiger partial charge in [-0.1, -0.05) is 0 Å². The summed E-state index contributed by atoms with van der Waals surface area (Å²) in [4.78, 5) is 24.7. The Kier molecular flexibility index (Phi) is 4.86. The monoisotopic (exact) mass is 420 g/mol. The van der Waals surface area contributed by atoms with Gasteiger partial charge in [0.2, 0.25) is 5.82 Å². The summed E-state index contributed by atoms with van der Waals surface area (Å²) >= 11 is 0. The lowest BCUT2D eigenvalue weighted by Crippen LogP contribution is -2.22. The van der Waals surface area contributed by atoms with E-state index in [1.165, 1.54) is 10.7 Å². The topological polar surface area (TPSA) is 141 Å². The van der Waals surface area contributed by atoms with Gasteiger partial charge in [0, 0.05) is 31.4 Å². The van der Waals surface area contributed by atoms with Crippen molar-refractivity contribution < 1.29 is 4.52 Å². The molecule has 31 heavy (non-hydrogen) atoms. The van der Waals surface area contributed by atoms with Gasteiger partial charge in [-0.25, -0.2) is 9.97 Å². The van der Waals surface area contributed by atoms with Crippen LogP contribution in [-0.2, 0) is 7.05 Å². The third kappa shape index (κ3) is 4.13. The lowest BCUT2D eigenvalue weighted by molar-refractivity contribution is 0.428. The van der Waals surface area contributed by atoms with E-state index in [1.54, 1.807) is 36.5 Å². The number of hydrogen-bond acceptors (Lipinski definition) is 10. The molecule has 12 heteroatoms. The van der Waals surface area contributed by atoms with E-state index < -0.39 is 0 Å². The second-order valence-corrected chi connectivity index (χ2v) is 7.34. The van der Waals surface area contributed by atoms with Gasteiger partial charge in [-0.05, 0) is 42.6 Å². The molecule has 2 N–H and O–H groups in total. The molecule has 158 valence electrons. The van der Waals surface area contributed by atoms with Gasteiger partial charge >= 0.3 is 0 Å². The van der Waals surface area contributed by atoms with Gasteiger partial charge in [0.15, 0.2) is 0 Å². The van der Waals surface area contributed by atoms with Crippen molar-refractivity contribution in [2.75, 3.05) is 10.6 Å². The average Bonchev–Trinajstić information content (AvgIpc) is 3.51. The Hall–Kier alpha value is -4.09. The van der Waals surface area contributed by atoms with Crippen molar-refractivity contribution in [1.82, 2.24) is 39.7 Å². The molecular formula is C19H20N10O2. The van der Waals surface area contributed by atoms with Crippen LogP contribution in [0.5, 0.6) is 0 Å². The molecule has 0 unspecified atom stereocenters. The van der Waals surface area contributed by atoms with Gasteiger partial charge in [0.25, 0.3) is 17.4 Å². The minimum absolute atomic E-state index is 0.196. The van der Waals surface area contributed by atoms with Crippen LogP contribution in [0, 0.1) is 0 Å². The maximum absolute atomic E-state index is 11.9. The summed E-state index contributed by atoms with van der Waals surface area (Å²) in [6, 6.07) is 7.22. The normalized spacial score (nSPS) is 18.2. The van der Waals surface area contributed by atoms with Crippen LogP contribution in [0.4, 0.5) is 11.8 Å². The Balaban J connectivity index is 1.17. The van der Waals surface area contributed by atoms with Crippen molar-refractivity contribution in [3.8, 4) is 17.4 Å². The van der Waals surface area contributed by atoms with Gasteiger partial charge in [-0.2, -0.15) is 14.8 Å². The lowest BCUT2D eigenvalue weighted by atomic mass is 10.2. The minimum Gasteiger partial charge on any atom is -0.367 e. The number of anilines is 2. The smallest absolute Gasteiger partial charge is 0.299 e. The van der Waals surface area contributed by atoms with Crippen LogP contribution in [-0.4, -0.2) is 51.8 Å². The van der Waals surface area contributed by atoms with Crippen LogP contribution >= 0.6 is 0 Å². The molecule has 1 aliphatic carbocycles. The molecule has 0 amide bonds. The molecule has 1 saturated carbocycles. The van der Waals surface area contributed by atoms with E-state index in [0.717, 1.165) is 25.1 Å². The highest BCUT2D eigenvalue weighted by Gasteiger charge is 2.26. The zero-order valence-corrected chi connectivity index (χ0v) is 16.7. The van der Waals surface area contributed by atoms with Gasteiger partial charge in [0.1, 0.15) is 12.1 Å². The van der Waals surface area contributed by atoms with E-state index in [9.17, 15) is 4.79 Å². The molecular weight excluding hydrogens is 400 g/mol. The maximum Gasteiger partial charge on any atom is 0.299 e. The maximum atomic E-state index is 11.9. The first-order valence-corrected chi connectivity index (χ1v) is 9.87. The van der Waals surface area contributed by atoms with Gasteiger partial charge in [-0.15, -0.1) is 5.10 Å². The predicted octanol–water partition coefficient (Wildman–Crippen LogP) is 1.25. The van der Waals surface area contributed by atoms with Crippen molar-refractivity contribution in [2.45, 2.75) is 31.3 Å². The third-order valence-electron chi connectivity index (χ3n) is 5.04. The van der Waals surface area contributed by atoms with E-state index in [-0.39, 0.29) is 23.5 Å². The zero-order valence-electron chi connectivity index (χ0n) is 16.7. The Morgan fingerprint density at radius 2 is 2.00 bits per heavy atom. The standard InChI is InChI=1S/C19H20N10O2/c1-28-11-21-17(26-28)18-25-19(27-31-18)24-13-5-4-12(9-13)23-15-7-6-14(10-20-15)29-16(30)3-2-8-22-29/h2-3,6-8,10-13H,4-5,9H2,1H3,(H,20,23)(H,24,27)/t12-,13-/m0/s1. The summed E-state index contributed by atoms with van der Waals surface area (Å²) in [7, 11) is 1.78. The molecule has 4 aromatic rings. The number of aryl methyl sites for hydroxylation is 1. The summed E-state index contributed by atoms with van der Waals surface area (Å²) < 4.78 is 8.13. The molecule has 0 radical (unpaired) electrons. The first-order valence-electron chi connectivity index (χ1n) is 9.87. The first-order chi connectivity index (χ1) is 15.1. The predicted molar refractivity (Wildman–Crippen MR) is 111 cm³/mol. The molecule has 4 heterocycles. The summed E-state index contributed by atoms with van der Waals surface area (Å²) in [6.45, 7) is 0. The van der Waals surface area contributed by atoms with E-state index >= 15 is 0 Å². The lowest BCUT2D eigenvalue weighted by Gasteiger charge is -2.14. The van der Waals surface area contributed by atoms with Gasteiger partial charge in [0.05, 0.1) is 11.9 Å². The Labute approximate surface area is 176 Å². The van der Waals surface area contributed by atoms with E-state index in [4.69, 9.17) is 4.52 Å². The van der Waals surface area contributed by atoms with Crippen LogP contribution in [0.15, 0.2) is 52.3 Å². The van der Waals surface area contributed by atoms with Crippen LogP contribution in [0.2, 0.25) is 0 Å². The number of nitrogens with zero attached hydrogens (tertiary/aromatic N) is 8. The molecule has 0 bridgehead atoms. The van der Waals surface area contributed by atoms with E-state index in [2.05, 4.69) is 40.9 Å².